The molecule has 1 unspecified atom stereocenters. The lowest BCUT2D eigenvalue weighted by Crippen LogP contribution is -2.56. The Morgan fingerprint density at radius 2 is 1.92 bits per heavy atom. The fraction of sp³-hybridized carbons (Fsp3) is 0.519. The van der Waals surface area contributed by atoms with Crippen LogP contribution < -0.4 is 5.48 Å². The second-order valence-electron chi connectivity index (χ2n) is 8.78. The van der Waals surface area contributed by atoms with Crippen molar-refractivity contribution in [3.63, 3.8) is 0 Å². The number of nitrogens with zero attached hydrogens (tertiary/aromatic N) is 1. The van der Waals surface area contributed by atoms with Crippen molar-refractivity contribution in [2.24, 2.45) is 0 Å². The molecule has 3 aliphatic rings. The van der Waals surface area contributed by atoms with Crippen LogP contribution in [0.1, 0.15) is 32.6 Å². The molecule has 1 fully saturated rings. The highest BCUT2D eigenvalue weighted by molar-refractivity contribution is 7.91. The number of ether oxygens (including phenoxy) is 3. The summed E-state index contributed by atoms with van der Waals surface area (Å²) in [5.74, 6) is 0.230. The third kappa shape index (κ3) is 7.36. The zero-order valence-electron chi connectivity index (χ0n) is 21.2. The Balaban J connectivity index is 1.71. The molecule has 8 nitrogen and oxygen atoms in total. The predicted molar refractivity (Wildman–Crippen MR) is 141 cm³/mol. The zero-order valence-corrected chi connectivity index (χ0v) is 22.1. The van der Waals surface area contributed by atoms with Crippen LogP contribution in [-0.2, 0) is 29.8 Å². The molecule has 2 N–H and O–H groups in total. The molecular formula is C27H38N2O6S. The summed E-state index contributed by atoms with van der Waals surface area (Å²) in [6, 6.07) is 0. The summed E-state index contributed by atoms with van der Waals surface area (Å²) in [6.45, 7) is 6.29. The molecule has 3 rings (SSSR count). The van der Waals surface area contributed by atoms with Crippen molar-refractivity contribution in [2.75, 3.05) is 53.2 Å². The molecule has 9 heteroatoms. The Morgan fingerprint density at radius 3 is 2.64 bits per heavy atom. The number of allylic oxidation sites excluding steroid dienone is 11. The van der Waals surface area contributed by atoms with E-state index in [-0.39, 0.29) is 0 Å². The van der Waals surface area contributed by atoms with Crippen LogP contribution >= 0.6 is 0 Å². The molecule has 0 spiro atoms. The van der Waals surface area contributed by atoms with Crippen molar-refractivity contribution >= 4 is 16.7 Å². The molecule has 0 radical (unpaired) electrons. The summed E-state index contributed by atoms with van der Waals surface area (Å²) in [4.78, 5) is 15.6. The Hall–Kier alpha value is -2.30. The molecule has 0 aromatic heterocycles. The van der Waals surface area contributed by atoms with E-state index >= 15 is 0 Å². The van der Waals surface area contributed by atoms with E-state index in [2.05, 4.69) is 11.0 Å². The van der Waals surface area contributed by atoms with Gasteiger partial charge in [0.2, 0.25) is 0 Å². The maximum atomic E-state index is 13.8. The predicted octanol–water partition coefficient (Wildman–Crippen LogP) is 3.32. The quantitative estimate of drug-likeness (QED) is 0.232. The van der Waals surface area contributed by atoms with Gasteiger partial charge in [0.25, 0.3) is 5.91 Å². The van der Waals surface area contributed by atoms with E-state index in [1.807, 2.05) is 49.5 Å². The molecule has 198 valence electrons. The van der Waals surface area contributed by atoms with Crippen LogP contribution in [0.5, 0.6) is 0 Å². The van der Waals surface area contributed by atoms with Gasteiger partial charge in [-0.2, -0.15) is 0 Å². The van der Waals surface area contributed by atoms with Crippen molar-refractivity contribution in [3.8, 4) is 0 Å². The van der Waals surface area contributed by atoms with Crippen LogP contribution in [-0.4, -0.2) is 78.1 Å². The first-order valence-electron chi connectivity index (χ1n) is 12.5. The van der Waals surface area contributed by atoms with Gasteiger partial charge in [0.05, 0.1) is 24.0 Å². The van der Waals surface area contributed by atoms with Gasteiger partial charge < -0.3 is 19.1 Å². The fourth-order valence-electron chi connectivity index (χ4n) is 4.44. The Kier molecular flexibility index (Phi) is 11.3. The summed E-state index contributed by atoms with van der Waals surface area (Å²) in [5.41, 5.74) is 3.82. The van der Waals surface area contributed by atoms with Crippen molar-refractivity contribution in [3.05, 3.63) is 70.4 Å². The van der Waals surface area contributed by atoms with E-state index in [4.69, 9.17) is 14.2 Å². The molecule has 0 aromatic rings. The number of rotatable bonds is 12. The van der Waals surface area contributed by atoms with Crippen molar-refractivity contribution < 1.29 is 28.4 Å². The molecule has 36 heavy (non-hydrogen) atoms. The second-order valence-corrected chi connectivity index (χ2v) is 10.6. The molecule has 1 saturated heterocycles. The van der Waals surface area contributed by atoms with E-state index in [0.29, 0.717) is 63.7 Å². The first kappa shape index (κ1) is 28.3. The van der Waals surface area contributed by atoms with Gasteiger partial charge >= 0.3 is 0 Å². The molecule has 1 amide bonds. The van der Waals surface area contributed by atoms with Crippen LogP contribution in [0.15, 0.2) is 70.4 Å². The summed E-state index contributed by atoms with van der Waals surface area (Å²) < 4.78 is 28.9. The number of hydrogen-bond donors (Lipinski definition) is 2. The number of amides is 1. The summed E-state index contributed by atoms with van der Waals surface area (Å²) in [6.07, 6.45) is 17.9. The molecule has 1 atom stereocenters. The number of hydrogen-bond acceptors (Lipinski definition) is 7. The van der Waals surface area contributed by atoms with E-state index < -0.39 is 21.5 Å². The maximum absolute atomic E-state index is 13.8. The van der Waals surface area contributed by atoms with Crippen LogP contribution in [0, 0.1) is 0 Å². The molecule has 0 bridgehead atoms. The van der Waals surface area contributed by atoms with Gasteiger partial charge in [0.1, 0.15) is 17.1 Å². The first-order chi connectivity index (χ1) is 17.5. The van der Waals surface area contributed by atoms with Gasteiger partial charge in [-0.25, -0.2) is 5.48 Å². The molecule has 1 heterocycles. The third-order valence-electron chi connectivity index (χ3n) is 6.57. The number of carbonyl (C=O) groups excluding carboxylic acids is 1. The number of likely N-dealkylation sites (tertiary alicyclic amines) is 1. The Morgan fingerprint density at radius 1 is 1.11 bits per heavy atom. The van der Waals surface area contributed by atoms with Crippen LogP contribution in [0.2, 0.25) is 0 Å². The van der Waals surface area contributed by atoms with Crippen LogP contribution in [0.4, 0.5) is 0 Å². The lowest BCUT2D eigenvalue weighted by molar-refractivity contribution is -0.133. The minimum absolute atomic E-state index is 0.402. The molecule has 2 aliphatic carbocycles. The number of methoxy groups -OCH3 is 1. The Labute approximate surface area is 216 Å². The summed E-state index contributed by atoms with van der Waals surface area (Å²) in [7, 11) is 0.0649. The summed E-state index contributed by atoms with van der Waals surface area (Å²) >= 11 is 0. The van der Waals surface area contributed by atoms with E-state index in [0.717, 1.165) is 29.9 Å². The number of nitrogens with one attached hydrogen (secondary N) is 1. The molecule has 0 aromatic carbocycles. The monoisotopic (exact) mass is 518 g/mol. The third-order valence-corrected chi connectivity index (χ3v) is 8.65. The maximum Gasteiger partial charge on any atom is 0.262 e. The largest absolute Gasteiger partial charge is 0.492 e. The van der Waals surface area contributed by atoms with Gasteiger partial charge in [-0.05, 0) is 62.0 Å². The fourth-order valence-corrected chi connectivity index (χ4v) is 6.15. The van der Waals surface area contributed by atoms with Crippen LogP contribution in [0.3, 0.4) is 0 Å². The highest BCUT2D eigenvalue weighted by atomic mass is 32.2. The molecule has 0 saturated carbocycles. The van der Waals surface area contributed by atoms with Gasteiger partial charge in [0.15, 0.2) is 0 Å². The molecule has 1 aliphatic heterocycles. The normalized spacial score (nSPS) is 20.9. The Bertz CT molecular complexity index is 971. The number of carbonyl (C=O) groups is 1. The number of hydroxylamine groups is 1. The second kappa shape index (κ2) is 14.4. The first-order valence-corrected chi connectivity index (χ1v) is 13.6. The highest BCUT2D eigenvalue weighted by Gasteiger charge is 2.47. The minimum Gasteiger partial charge on any atom is -0.492 e. The van der Waals surface area contributed by atoms with E-state index in [1.54, 1.807) is 12.6 Å². The summed E-state index contributed by atoms with van der Waals surface area (Å²) in [5, 5.41) is 9.45. The minimum atomic E-state index is -1.59. The zero-order chi connectivity index (χ0) is 25.8. The lowest BCUT2D eigenvalue weighted by Gasteiger charge is -2.39. The van der Waals surface area contributed by atoms with Gasteiger partial charge in [0, 0.05) is 38.3 Å². The van der Waals surface area contributed by atoms with Crippen molar-refractivity contribution in [2.45, 2.75) is 37.4 Å². The van der Waals surface area contributed by atoms with Crippen LogP contribution in [0.25, 0.3) is 0 Å². The molecular weight excluding hydrogens is 480 g/mol. The average Bonchev–Trinajstić information content (AvgIpc) is 3.30. The lowest BCUT2D eigenvalue weighted by atomic mass is 9.95. The van der Waals surface area contributed by atoms with Crippen molar-refractivity contribution in [1.29, 1.82) is 0 Å². The van der Waals surface area contributed by atoms with Crippen molar-refractivity contribution in [1.82, 2.24) is 10.4 Å². The number of piperidine rings is 1. The topological polar surface area (TPSA) is 97.3 Å². The van der Waals surface area contributed by atoms with E-state index in [9.17, 15) is 14.2 Å². The average molecular weight is 519 g/mol. The standard InChI is InChI=1S/C27H38N2O6S/c1-3-34-20-21-35-24-8-4-6-22(10-12-24)23-7-5-9-25(13-11-23)36(32)27(26(30)28-31)14-16-29(17-15-27)18-19-33-2/h5-8,10-13,31H,3-4,9,14-21H2,1-2H3,(H,28,30). The SMILES string of the molecule is CCOCCOC1=CCC=C(C2=CC=C(S(=O)C3(C(=O)NO)CCN(CCOC)CC3)CC=C2)C=C1. The highest BCUT2D eigenvalue weighted by Crippen LogP contribution is 2.35. The van der Waals surface area contributed by atoms with Gasteiger partial charge in [-0.1, -0.05) is 30.4 Å². The smallest absolute Gasteiger partial charge is 0.262 e. The van der Waals surface area contributed by atoms with E-state index in [1.165, 1.54) is 0 Å². The van der Waals surface area contributed by atoms with Gasteiger partial charge in [-0.3, -0.25) is 14.2 Å². The van der Waals surface area contributed by atoms with Gasteiger partial charge in [-0.15, -0.1) is 0 Å².